The second kappa shape index (κ2) is 18.9. The molecule has 1 heterocycles. The highest BCUT2D eigenvalue weighted by Gasteiger charge is 2.43. The van der Waals surface area contributed by atoms with Crippen molar-refractivity contribution < 1.29 is 38.0 Å². The van der Waals surface area contributed by atoms with Crippen LogP contribution in [0.4, 0.5) is 0 Å². The summed E-state index contributed by atoms with van der Waals surface area (Å²) < 4.78 is 36.0. The van der Waals surface area contributed by atoms with Gasteiger partial charge in [0, 0.05) is 18.4 Å². The first kappa shape index (κ1) is 41.3. The van der Waals surface area contributed by atoms with E-state index in [-0.39, 0.29) is 35.3 Å². The van der Waals surface area contributed by atoms with Gasteiger partial charge in [0.05, 0.1) is 46.8 Å². The first-order chi connectivity index (χ1) is 23.6. The number of carbonyl (C=O) groups is 1. The van der Waals surface area contributed by atoms with Crippen molar-refractivity contribution in [3.05, 3.63) is 77.4 Å². The maximum Gasteiger partial charge on any atom is 0.342 e. The Morgan fingerprint density at radius 1 is 0.960 bits per heavy atom. The molecule has 0 radical (unpaired) electrons. The SMILES string of the molecule is COc1ccc(COC/C=C\C[C@@H](C)[C@@H](O[Si](C)(C)C(C)(C)C)[C@H](C)[C@@H]2C/C=C/C[C@H](C)[C@H](O)Cc3cc(OC)cc(OC)c3C(=O)O2)cc1. The van der Waals surface area contributed by atoms with Gasteiger partial charge in [-0.15, -0.1) is 0 Å². The minimum absolute atomic E-state index is 0.00123. The molecule has 0 spiro atoms. The van der Waals surface area contributed by atoms with Crippen molar-refractivity contribution in [3.8, 4) is 17.2 Å². The Labute approximate surface area is 302 Å². The number of aliphatic hydroxyl groups is 1. The summed E-state index contributed by atoms with van der Waals surface area (Å²) in [6, 6.07) is 11.4. The zero-order valence-corrected chi connectivity index (χ0v) is 33.3. The summed E-state index contributed by atoms with van der Waals surface area (Å²) >= 11 is 0. The van der Waals surface area contributed by atoms with Crippen molar-refractivity contribution in [2.24, 2.45) is 17.8 Å². The van der Waals surface area contributed by atoms with Gasteiger partial charge in [-0.05, 0) is 78.6 Å². The van der Waals surface area contributed by atoms with E-state index in [1.807, 2.05) is 31.2 Å². The summed E-state index contributed by atoms with van der Waals surface area (Å²) in [7, 11) is 2.55. The summed E-state index contributed by atoms with van der Waals surface area (Å²) in [5.41, 5.74) is 2.06. The highest BCUT2D eigenvalue weighted by atomic mass is 28.4. The largest absolute Gasteiger partial charge is 0.497 e. The molecule has 0 unspecified atom stereocenters. The number of benzene rings is 2. The number of hydrogen-bond donors (Lipinski definition) is 1. The number of allylic oxidation sites excluding steroid dienone is 2. The van der Waals surface area contributed by atoms with Crippen molar-refractivity contribution >= 4 is 14.3 Å². The van der Waals surface area contributed by atoms with E-state index in [2.05, 4.69) is 72.0 Å². The molecule has 1 N–H and O–H groups in total. The van der Waals surface area contributed by atoms with E-state index in [9.17, 15) is 9.90 Å². The predicted octanol–water partition coefficient (Wildman–Crippen LogP) is 8.95. The molecule has 6 atom stereocenters. The number of fused-ring (bicyclic) bond motifs is 1. The highest BCUT2D eigenvalue weighted by Crippen LogP contribution is 2.41. The van der Waals surface area contributed by atoms with E-state index < -0.39 is 26.5 Å². The van der Waals surface area contributed by atoms with Gasteiger partial charge in [-0.1, -0.05) is 78.0 Å². The summed E-state index contributed by atoms with van der Waals surface area (Å²) in [5, 5.41) is 11.1. The van der Waals surface area contributed by atoms with Gasteiger partial charge in [0.1, 0.15) is 28.9 Å². The molecule has 0 saturated carbocycles. The second-order valence-electron chi connectivity index (χ2n) is 15.2. The lowest BCUT2D eigenvalue weighted by Gasteiger charge is -2.44. The minimum Gasteiger partial charge on any atom is -0.497 e. The molecule has 0 aromatic heterocycles. The Kier molecular flexibility index (Phi) is 15.6. The van der Waals surface area contributed by atoms with Crippen LogP contribution in [-0.4, -0.2) is 65.6 Å². The molecule has 2 aromatic carbocycles. The van der Waals surface area contributed by atoms with Crippen LogP contribution < -0.4 is 14.2 Å². The summed E-state index contributed by atoms with van der Waals surface area (Å²) in [4.78, 5) is 14.1. The minimum atomic E-state index is -2.21. The zero-order valence-electron chi connectivity index (χ0n) is 32.3. The number of ether oxygens (including phenoxy) is 5. The Morgan fingerprint density at radius 3 is 2.24 bits per heavy atom. The maximum absolute atomic E-state index is 14.1. The fourth-order valence-electron chi connectivity index (χ4n) is 5.96. The lowest BCUT2D eigenvalue weighted by Crippen LogP contribution is -2.49. The first-order valence-corrected chi connectivity index (χ1v) is 20.8. The number of rotatable bonds is 14. The summed E-state index contributed by atoms with van der Waals surface area (Å²) in [5.74, 6) is 1.29. The standard InChI is InChI=1S/C41H62O8Si/c1-28-16-12-13-18-36(48-40(43)38-32(25-35(28)42)24-34(45-8)26-37(38)46-9)30(3)39(49-50(10,11)41(4,5)6)29(2)17-14-15-23-47-27-31-19-21-33(44-7)22-20-31/h12-15,19-22,24,26,28-30,35-36,39,42H,16-18,23,25,27H2,1-11H3/b13-12+,15-14-/t28-,29+,30+,35+,36-,39+/m0/s1. The van der Waals surface area contributed by atoms with Gasteiger partial charge in [0.15, 0.2) is 8.32 Å². The van der Waals surface area contributed by atoms with Crippen LogP contribution in [0.15, 0.2) is 60.7 Å². The van der Waals surface area contributed by atoms with Gasteiger partial charge in [-0.25, -0.2) is 4.79 Å². The monoisotopic (exact) mass is 710 g/mol. The van der Waals surface area contributed by atoms with Gasteiger partial charge in [-0.2, -0.15) is 0 Å². The lowest BCUT2D eigenvalue weighted by atomic mass is 9.85. The van der Waals surface area contributed by atoms with Crippen LogP contribution in [0.2, 0.25) is 18.1 Å². The fraction of sp³-hybridized carbons (Fsp3) is 0.585. The normalized spacial score (nSPS) is 21.6. The molecule has 3 rings (SSSR count). The molecule has 0 bridgehead atoms. The van der Waals surface area contributed by atoms with E-state index in [0.29, 0.717) is 48.7 Å². The number of hydrogen-bond acceptors (Lipinski definition) is 8. The van der Waals surface area contributed by atoms with Crippen LogP contribution in [0.3, 0.4) is 0 Å². The third kappa shape index (κ3) is 11.5. The zero-order chi connectivity index (χ0) is 37.1. The molecular formula is C41H62O8Si. The van der Waals surface area contributed by atoms with Crippen molar-refractivity contribution in [1.29, 1.82) is 0 Å². The molecule has 0 fully saturated rings. The van der Waals surface area contributed by atoms with Gasteiger partial charge in [-0.3, -0.25) is 0 Å². The Bertz CT molecular complexity index is 1410. The Hall–Kier alpha value is -3.11. The highest BCUT2D eigenvalue weighted by molar-refractivity contribution is 6.74. The molecular weight excluding hydrogens is 649 g/mol. The van der Waals surface area contributed by atoms with Crippen LogP contribution in [0.5, 0.6) is 17.2 Å². The van der Waals surface area contributed by atoms with Crippen molar-refractivity contribution in [2.75, 3.05) is 27.9 Å². The van der Waals surface area contributed by atoms with Crippen LogP contribution in [0.1, 0.15) is 82.3 Å². The fourth-order valence-corrected chi connectivity index (χ4v) is 7.44. The Balaban J connectivity index is 1.87. The van der Waals surface area contributed by atoms with E-state index >= 15 is 0 Å². The van der Waals surface area contributed by atoms with Crippen LogP contribution >= 0.6 is 0 Å². The molecule has 1 aliphatic heterocycles. The number of aliphatic hydroxyl groups excluding tert-OH is 1. The topological polar surface area (TPSA) is 92.7 Å². The first-order valence-electron chi connectivity index (χ1n) is 17.9. The lowest BCUT2D eigenvalue weighted by molar-refractivity contribution is -0.0226. The molecule has 1 aliphatic rings. The molecule has 2 aromatic rings. The van der Waals surface area contributed by atoms with Gasteiger partial charge < -0.3 is 33.2 Å². The smallest absolute Gasteiger partial charge is 0.342 e. The van der Waals surface area contributed by atoms with E-state index in [4.69, 9.17) is 28.1 Å². The van der Waals surface area contributed by atoms with Crippen molar-refractivity contribution in [2.45, 2.75) is 110 Å². The second-order valence-corrected chi connectivity index (χ2v) is 20.0. The average Bonchev–Trinajstić information content (AvgIpc) is 3.08. The maximum atomic E-state index is 14.1. The van der Waals surface area contributed by atoms with E-state index in [1.165, 1.54) is 7.11 Å². The molecule has 8 nitrogen and oxygen atoms in total. The molecule has 9 heteroatoms. The van der Waals surface area contributed by atoms with E-state index in [1.54, 1.807) is 26.4 Å². The van der Waals surface area contributed by atoms with Gasteiger partial charge in [0.2, 0.25) is 0 Å². The van der Waals surface area contributed by atoms with Crippen LogP contribution in [0.25, 0.3) is 0 Å². The van der Waals surface area contributed by atoms with E-state index in [0.717, 1.165) is 17.7 Å². The van der Waals surface area contributed by atoms with Crippen molar-refractivity contribution in [3.63, 3.8) is 0 Å². The molecule has 0 saturated heterocycles. The number of methoxy groups -OCH3 is 3. The summed E-state index contributed by atoms with van der Waals surface area (Å²) in [6.45, 7) is 18.7. The number of cyclic esters (lactones) is 1. The quantitative estimate of drug-likeness (QED) is 0.0900. The molecule has 0 amide bonds. The third-order valence-electron chi connectivity index (χ3n) is 10.4. The third-order valence-corrected chi connectivity index (χ3v) is 14.9. The van der Waals surface area contributed by atoms with Crippen LogP contribution in [-0.2, 0) is 26.9 Å². The molecule has 278 valence electrons. The molecule has 50 heavy (non-hydrogen) atoms. The van der Waals surface area contributed by atoms with Crippen molar-refractivity contribution in [1.82, 2.24) is 0 Å². The number of carbonyl (C=O) groups excluding carboxylic acids is 1. The Morgan fingerprint density at radius 2 is 1.62 bits per heavy atom. The van der Waals surface area contributed by atoms with Gasteiger partial charge in [0.25, 0.3) is 0 Å². The van der Waals surface area contributed by atoms with Crippen LogP contribution in [0, 0.1) is 17.8 Å². The average molecular weight is 711 g/mol. The number of esters is 1. The van der Waals surface area contributed by atoms with Gasteiger partial charge >= 0.3 is 5.97 Å². The molecule has 0 aliphatic carbocycles. The predicted molar refractivity (Wildman–Crippen MR) is 203 cm³/mol. The summed E-state index contributed by atoms with van der Waals surface area (Å²) in [6.07, 6.45) is 9.45.